The highest BCUT2D eigenvalue weighted by atomic mass is 35.5. The van der Waals surface area contributed by atoms with Crippen molar-refractivity contribution in [2.45, 2.75) is 17.5 Å². The van der Waals surface area contributed by atoms with Crippen LogP contribution in [0, 0.1) is 5.92 Å². The maximum Gasteiger partial charge on any atom is 0.245 e. The Hall–Kier alpha value is -2.59. The van der Waals surface area contributed by atoms with Crippen molar-refractivity contribution in [1.82, 2.24) is 14.3 Å². The average Bonchev–Trinajstić information content (AvgIpc) is 3.15. The molecule has 2 aromatic heterocycles. The molecule has 3 heterocycles. The number of rotatable bonds is 6. The first-order valence-corrected chi connectivity index (χ1v) is 11.1. The minimum absolute atomic E-state index is 0.0440. The first kappa shape index (κ1) is 20.7. The Morgan fingerprint density at radius 3 is 2.80 bits per heavy atom. The number of ether oxygens (including phenoxy) is 1. The summed E-state index contributed by atoms with van der Waals surface area (Å²) in [6.45, 7) is -0.0738. The zero-order valence-corrected chi connectivity index (χ0v) is 17.4. The van der Waals surface area contributed by atoms with E-state index < -0.39 is 22.1 Å². The Kier molecular flexibility index (Phi) is 5.70. The van der Waals surface area contributed by atoms with Crippen molar-refractivity contribution < 1.29 is 17.9 Å². The molecule has 0 radical (unpaired) electrons. The smallest absolute Gasteiger partial charge is 0.245 e. The molecule has 2 atom stereocenters. The molecule has 1 saturated heterocycles. The number of Topliss-reactive ketones (excluding diaryl/α,β-unsaturated/α-hetero) is 1. The quantitative estimate of drug-likeness (QED) is 0.617. The summed E-state index contributed by atoms with van der Waals surface area (Å²) in [5.74, 6) is -0.464. The van der Waals surface area contributed by atoms with Crippen LogP contribution in [0.15, 0.2) is 60.0 Å². The highest BCUT2D eigenvalue weighted by Gasteiger charge is 2.43. The second-order valence-electron chi connectivity index (χ2n) is 6.92. The number of benzene rings is 1. The second-order valence-corrected chi connectivity index (χ2v) is 9.19. The van der Waals surface area contributed by atoms with E-state index in [4.69, 9.17) is 22.1 Å². The molecule has 156 valence electrons. The molecule has 8 nitrogen and oxygen atoms in total. The maximum atomic E-state index is 13.4. The van der Waals surface area contributed by atoms with E-state index in [1.54, 1.807) is 36.7 Å². The van der Waals surface area contributed by atoms with Gasteiger partial charge in [-0.05, 0) is 24.6 Å². The maximum absolute atomic E-state index is 13.4. The van der Waals surface area contributed by atoms with Crippen LogP contribution in [-0.4, -0.2) is 47.8 Å². The summed E-state index contributed by atoms with van der Waals surface area (Å²) in [6.07, 6.45) is 5.37. The number of ketones is 1. The third-order valence-corrected chi connectivity index (χ3v) is 7.35. The summed E-state index contributed by atoms with van der Waals surface area (Å²) in [5, 5.41) is 1.22. The molecular weight excluding hydrogens is 428 g/mol. The highest BCUT2D eigenvalue weighted by Crippen LogP contribution is 2.34. The molecule has 4 rings (SSSR count). The largest absolute Gasteiger partial charge is 0.484 e. The van der Waals surface area contributed by atoms with Gasteiger partial charge in [0, 0.05) is 35.9 Å². The lowest BCUT2D eigenvalue weighted by atomic mass is 10.0. The normalized spacial score (nSPS) is 19.8. The molecular formula is C20H19ClN4O4S. The van der Waals surface area contributed by atoms with E-state index in [1.165, 1.54) is 18.5 Å². The van der Waals surface area contributed by atoms with Crippen LogP contribution in [0.1, 0.15) is 6.42 Å². The molecule has 0 spiro atoms. The molecule has 1 unspecified atom stereocenters. The van der Waals surface area contributed by atoms with Gasteiger partial charge < -0.3 is 10.5 Å². The van der Waals surface area contributed by atoms with E-state index in [0.717, 1.165) is 4.31 Å². The molecule has 0 bridgehead atoms. The number of carbonyl (C=O) groups is 1. The topological polar surface area (TPSA) is 115 Å². The van der Waals surface area contributed by atoms with E-state index >= 15 is 0 Å². The Bertz CT molecular complexity index is 1180. The minimum atomic E-state index is -3.98. The molecule has 10 heteroatoms. The fourth-order valence-corrected chi connectivity index (χ4v) is 5.74. The van der Waals surface area contributed by atoms with E-state index in [2.05, 4.69) is 9.97 Å². The Labute approximate surface area is 178 Å². The number of sulfonamides is 1. The standard InChI is InChI=1S/C20H19ClN4O4S/c21-16-11-24-9-13-3-1-5-18(19(13)16)30(27,28)25-8-6-15(20(25)22)17(26)12-29-14-4-2-7-23-10-14/h1-5,7,9-11,15,20H,6,8,12,22H2/t15?,20-/m0/s1. The van der Waals surface area contributed by atoms with Crippen LogP contribution in [0.2, 0.25) is 5.02 Å². The van der Waals surface area contributed by atoms with E-state index in [0.29, 0.717) is 22.9 Å². The fourth-order valence-electron chi connectivity index (χ4n) is 3.61. The van der Waals surface area contributed by atoms with Crippen LogP contribution >= 0.6 is 11.6 Å². The molecule has 1 aliphatic heterocycles. The SMILES string of the molecule is N[C@@H]1C(C(=O)COc2cccnc2)CCN1S(=O)(=O)c1cccc2cncc(Cl)c12. The van der Waals surface area contributed by atoms with Gasteiger partial charge in [-0.25, -0.2) is 8.42 Å². The zero-order valence-electron chi connectivity index (χ0n) is 15.8. The third-order valence-electron chi connectivity index (χ3n) is 5.12. The van der Waals surface area contributed by atoms with Gasteiger partial charge in [-0.1, -0.05) is 23.7 Å². The lowest BCUT2D eigenvalue weighted by molar-refractivity contribution is -0.125. The zero-order chi connectivity index (χ0) is 21.3. The summed E-state index contributed by atoms with van der Waals surface area (Å²) in [5.41, 5.74) is 6.21. The Morgan fingerprint density at radius 1 is 1.20 bits per heavy atom. The van der Waals surface area contributed by atoms with Gasteiger partial charge in [0.05, 0.1) is 28.2 Å². The average molecular weight is 447 g/mol. The number of nitrogens with zero attached hydrogens (tertiary/aromatic N) is 3. The number of halogens is 1. The lowest BCUT2D eigenvalue weighted by Crippen LogP contribution is -2.46. The van der Waals surface area contributed by atoms with Crippen LogP contribution in [0.3, 0.4) is 0 Å². The Morgan fingerprint density at radius 2 is 2.03 bits per heavy atom. The molecule has 30 heavy (non-hydrogen) atoms. The van der Waals surface area contributed by atoms with Gasteiger partial charge >= 0.3 is 0 Å². The van der Waals surface area contributed by atoms with Crippen molar-refractivity contribution in [2.75, 3.05) is 13.2 Å². The number of pyridine rings is 2. The van der Waals surface area contributed by atoms with Crippen LogP contribution < -0.4 is 10.5 Å². The molecule has 1 fully saturated rings. The number of hydrogen-bond acceptors (Lipinski definition) is 7. The number of carbonyl (C=O) groups excluding carboxylic acids is 1. The van der Waals surface area contributed by atoms with Crippen molar-refractivity contribution in [3.05, 3.63) is 60.1 Å². The van der Waals surface area contributed by atoms with Gasteiger partial charge in [0.2, 0.25) is 10.0 Å². The molecule has 1 aliphatic rings. The fraction of sp³-hybridized carbons (Fsp3) is 0.250. The predicted molar refractivity (Wildman–Crippen MR) is 111 cm³/mol. The van der Waals surface area contributed by atoms with Crippen molar-refractivity contribution in [1.29, 1.82) is 0 Å². The van der Waals surface area contributed by atoms with E-state index in [1.807, 2.05) is 0 Å². The summed E-state index contributed by atoms with van der Waals surface area (Å²) in [6, 6.07) is 8.22. The molecule has 0 aliphatic carbocycles. The number of fused-ring (bicyclic) bond motifs is 1. The molecule has 3 aromatic rings. The first-order valence-electron chi connectivity index (χ1n) is 9.25. The van der Waals surface area contributed by atoms with Gasteiger partial charge in [-0.2, -0.15) is 4.31 Å². The summed E-state index contributed by atoms with van der Waals surface area (Å²) in [7, 11) is -3.98. The number of hydrogen-bond donors (Lipinski definition) is 1. The van der Waals surface area contributed by atoms with E-state index in [-0.39, 0.29) is 28.9 Å². The van der Waals surface area contributed by atoms with Crippen molar-refractivity contribution in [2.24, 2.45) is 11.7 Å². The lowest BCUT2D eigenvalue weighted by Gasteiger charge is -2.24. The van der Waals surface area contributed by atoms with Crippen molar-refractivity contribution in [3.8, 4) is 5.75 Å². The summed E-state index contributed by atoms with van der Waals surface area (Å²) >= 11 is 6.24. The van der Waals surface area contributed by atoms with Gasteiger partial charge in [-0.3, -0.25) is 14.8 Å². The molecule has 0 saturated carbocycles. The molecule has 1 aromatic carbocycles. The Balaban J connectivity index is 1.56. The van der Waals surface area contributed by atoms with Crippen LogP contribution in [-0.2, 0) is 14.8 Å². The number of aromatic nitrogens is 2. The second kappa shape index (κ2) is 8.27. The molecule has 2 N–H and O–H groups in total. The number of nitrogens with two attached hydrogens (primary N) is 1. The van der Waals surface area contributed by atoms with Gasteiger partial charge in [0.25, 0.3) is 0 Å². The monoisotopic (exact) mass is 446 g/mol. The van der Waals surface area contributed by atoms with Crippen LogP contribution in [0.25, 0.3) is 10.8 Å². The predicted octanol–water partition coefficient (Wildman–Crippen LogP) is 2.23. The van der Waals surface area contributed by atoms with Crippen LogP contribution in [0.4, 0.5) is 0 Å². The minimum Gasteiger partial charge on any atom is -0.484 e. The van der Waals surface area contributed by atoms with Crippen molar-refractivity contribution in [3.63, 3.8) is 0 Å². The van der Waals surface area contributed by atoms with Crippen LogP contribution in [0.5, 0.6) is 5.75 Å². The highest BCUT2D eigenvalue weighted by molar-refractivity contribution is 7.89. The van der Waals surface area contributed by atoms with Crippen molar-refractivity contribution >= 4 is 38.2 Å². The van der Waals surface area contributed by atoms with Gasteiger partial charge in [0.15, 0.2) is 5.78 Å². The van der Waals surface area contributed by atoms with Gasteiger partial charge in [-0.15, -0.1) is 0 Å². The molecule has 0 amide bonds. The third kappa shape index (κ3) is 3.77. The first-order chi connectivity index (χ1) is 14.4. The summed E-state index contributed by atoms with van der Waals surface area (Å²) in [4.78, 5) is 20.6. The van der Waals surface area contributed by atoms with E-state index in [9.17, 15) is 13.2 Å². The summed E-state index contributed by atoms with van der Waals surface area (Å²) < 4.78 is 33.4. The van der Waals surface area contributed by atoms with Gasteiger partial charge in [0.1, 0.15) is 12.4 Å².